The van der Waals surface area contributed by atoms with E-state index in [9.17, 15) is 23.1 Å². The van der Waals surface area contributed by atoms with Gasteiger partial charge >= 0.3 is 6.18 Å². The molecular formula is C13H21F3N2O2. The molecule has 0 aromatic rings. The first-order chi connectivity index (χ1) is 9.32. The minimum absolute atomic E-state index is 0.0119. The molecule has 0 aliphatic carbocycles. The second-order valence-corrected chi connectivity index (χ2v) is 5.75. The van der Waals surface area contributed by atoms with Crippen LogP contribution in [0.2, 0.25) is 0 Å². The van der Waals surface area contributed by atoms with E-state index in [1.54, 1.807) is 9.80 Å². The van der Waals surface area contributed by atoms with Crippen molar-refractivity contribution in [1.82, 2.24) is 9.80 Å². The molecular weight excluding hydrogens is 273 g/mol. The predicted molar refractivity (Wildman–Crippen MR) is 67.1 cm³/mol. The van der Waals surface area contributed by atoms with Crippen molar-refractivity contribution in [2.24, 2.45) is 0 Å². The van der Waals surface area contributed by atoms with E-state index in [-0.39, 0.29) is 38.4 Å². The molecule has 116 valence electrons. The molecule has 2 saturated heterocycles. The van der Waals surface area contributed by atoms with Crippen molar-refractivity contribution >= 4 is 5.91 Å². The van der Waals surface area contributed by atoms with Crippen molar-refractivity contribution in [2.45, 2.75) is 43.9 Å². The van der Waals surface area contributed by atoms with Crippen LogP contribution in [0.4, 0.5) is 13.2 Å². The van der Waals surface area contributed by atoms with E-state index < -0.39 is 11.8 Å². The Morgan fingerprint density at radius 2 is 1.60 bits per heavy atom. The first kappa shape index (κ1) is 15.6. The molecule has 7 heteroatoms. The normalized spacial score (nSPS) is 24.7. The highest BCUT2D eigenvalue weighted by atomic mass is 19.4. The molecule has 0 aromatic heterocycles. The molecule has 0 radical (unpaired) electrons. The van der Waals surface area contributed by atoms with Crippen LogP contribution in [0.25, 0.3) is 0 Å². The zero-order chi connectivity index (χ0) is 14.8. The van der Waals surface area contributed by atoms with Crippen molar-refractivity contribution in [3.8, 4) is 0 Å². The Hall–Kier alpha value is -0.820. The van der Waals surface area contributed by atoms with E-state index in [2.05, 4.69) is 0 Å². The van der Waals surface area contributed by atoms with Gasteiger partial charge in [-0.15, -0.1) is 0 Å². The second kappa shape index (κ2) is 5.89. The van der Waals surface area contributed by atoms with Gasteiger partial charge in [-0.25, -0.2) is 0 Å². The summed E-state index contributed by atoms with van der Waals surface area (Å²) in [5.41, 5.74) is -2.59. The van der Waals surface area contributed by atoms with Gasteiger partial charge in [0.2, 0.25) is 5.91 Å². The molecule has 2 aliphatic heterocycles. The lowest BCUT2D eigenvalue weighted by atomic mass is 9.91. The van der Waals surface area contributed by atoms with Gasteiger partial charge in [-0.2, -0.15) is 13.2 Å². The molecule has 0 spiro atoms. The summed E-state index contributed by atoms with van der Waals surface area (Å²) in [5.74, 6) is -0.0119. The van der Waals surface area contributed by atoms with E-state index in [1.165, 1.54) is 0 Å². The summed E-state index contributed by atoms with van der Waals surface area (Å²) in [4.78, 5) is 15.5. The molecule has 2 heterocycles. The van der Waals surface area contributed by atoms with Crippen LogP contribution in [0.5, 0.6) is 0 Å². The molecule has 4 nitrogen and oxygen atoms in total. The molecule has 2 aliphatic rings. The van der Waals surface area contributed by atoms with Gasteiger partial charge in [0.05, 0.1) is 6.54 Å². The first-order valence-electron chi connectivity index (χ1n) is 7.11. The number of rotatable bonds is 2. The van der Waals surface area contributed by atoms with E-state index >= 15 is 0 Å². The molecule has 2 fully saturated rings. The minimum Gasteiger partial charge on any atom is -0.380 e. The highest BCUT2D eigenvalue weighted by Crippen LogP contribution is 2.38. The fourth-order valence-electron chi connectivity index (χ4n) is 2.80. The largest absolute Gasteiger partial charge is 0.417 e. The molecule has 0 atom stereocenters. The number of hydrogen-bond acceptors (Lipinski definition) is 3. The van der Waals surface area contributed by atoms with Crippen LogP contribution >= 0.6 is 0 Å². The van der Waals surface area contributed by atoms with E-state index in [1.807, 2.05) is 0 Å². The molecule has 0 aromatic carbocycles. The Kier molecular flexibility index (Phi) is 4.59. The number of halogens is 3. The number of aliphatic hydroxyl groups is 1. The van der Waals surface area contributed by atoms with Crippen LogP contribution < -0.4 is 0 Å². The molecule has 1 amide bonds. The van der Waals surface area contributed by atoms with Crippen molar-refractivity contribution in [3.05, 3.63) is 0 Å². The maximum atomic E-state index is 12.7. The van der Waals surface area contributed by atoms with Crippen molar-refractivity contribution in [2.75, 3.05) is 32.7 Å². The standard InChI is InChI=1S/C13H21F3N2O2/c14-13(15,16)12(20)4-8-17(9-5-12)10-11(19)18-6-2-1-3-7-18/h20H,1-10H2. The summed E-state index contributed by atoms with van der Waals surface area (Å²) in [7, 11) is 0. The summed E-state index contributed by atoms with van der Waals surface area (Å²) < 4.78 is 38.0. The molecule has 0 saturated carbocycles. The highest BCUT2D eigenvalue weighted by molar-refractivity contribution is 5.78. The predicted octanol–water partition coefficient (Wildman–Crippen LogP) is 1.39. The minimum atomic E-state index is -4.59. The third-order valence-corrected chi connectivity index (χ3v) is 4.28. The van der Waals surface area contributed by atoms with Gasteiger partial charge in [0.25, 0.3) is 0 Å². The van der Waals surface area contributed by atoms with Gasteiger partial charge in [0, 0.05) is 26.2 Å². The zero-order valence-electron chi connectivity index (χ0n) is 11.5. The van der Waals surface area contributed by atoms with Crippen LogP contribution in [-0.2, 0) is 4.79 Å². The zero-order valence-corrected chi connectivity index (χ0v) is 11.5. The van der Waals surface area contributed by atoms with Gasteiger partial charge in [-0.1, -0.05) is 0 Å². The number of alkyl halides is 3. The maximum absolute atomic E-state index is 12.7. The smallest absolute Gasteiger partial charge is 0.380 e. The Morgan fingerprint density at radius 3 is 2.10 bits per heavy atom. The van der Waals surface area contributed by atoms with Crippen LogP contribution in [0.3, 0.4) is 0 Å². The lowest BCUT2D eigenvalue weighted by molar-refractivity contribution is -0.272. The second-order valence-electron chi connectivity index (χ2n) is 5.75. The van der Waals surface area contributed by atoms with Crippen LogP contribution in [0.1, 0.15) is 32.1 Å². The van der Waals surface area contributed by atoms with Crippen molar-refractivity contribution in [3.63, 3.8) is 0 Å². The first-order valence-corrected chi connectivity index (χ1v) is 7.11. The van der Waals surface area contributed by atoms with Crippen molar-refractivity contribution < 1.29 is 23.1 Å². The summed E-state index contributed by atoms with van der Waals surface area (Å²) in [5, 5.41) is 9.56. The van der Waals surface area contributed by atoms with E-state index in [4.69, 9.17) is 0 Å². The summed E-state index contributed by atoms with van der Waals surface area (Å²) in [6.07, 6.45) is -2.17. The molecule has 0 bridgehead atoms. The lowest BCUT2D eigenvalue weighted by Gasteiger charge is -2.39. The Bertz CT molecular complexity index is 346. The van der Waals surface area contributed by atoms with Crippen LogP contribution in [0.15, 0.2) is 0 Å². The van der Waals surface area contributed by atoms with Crippen LogP contribution in [0, 0.1) is 0 Å². The highest BCUT2D eigenvalue weighted by Gasteiger charge is 2.54. The number of piperidine rings is 2. The van der Waals surface area contributed by atoms with Gasteiger partial charge in [-0.05, 0) is 32.1 Å². The Labute approximate surface area is 116 Å². The summed E-state index contributed by atoms with van der Waals surface area (Å²) in [6.45, 7) is 1.87. The number of likely N-dealkylation sites (tertiary alicyclic amines) is 2. The number of carbonyl (C=O) groups is 1. The third-order valence-electron chi connectivity index (χ3n) is 4.28. The fourth-order valence-corrected chi connectivity index (χ4v) is 2.80. The Balaban J connectivity index is 1.81. The topological polar surface area (TPSA) is 43.8 Å². The molecule has 0 unspecified atom stereocenters. The van der Waals surface area contributed by atoms with Crippen LogP contribution in [-0.4, -0.2) is 65.3 Å². The number of amides is 1. The number of hydrogen-bond donors (Lipinski definition) is 1. The molecule has 1 N–H and O–H groups in total. The number of carbonyl (C=O) groups excluding carboxylic acids is 1. The average molecular weight is 294 g/mol. The average Bonchev–Trinajstić information content (AvgIpc) is 2.41. The van der Waals surface area contributed by atoms with Gasteiger partial charge in [0.15, 0.2) is 5.60 Å². The van der Waals surface area contributed by atoms with E-state index in [0.29, 0.717) is 0 Å². The quantitative estimate of drug-likeness (QED) is 0.837. The summed E-state index contributed by atoms with van der Waals surface area (Å²) >= 11 is 0. The third kappa shape index (κ3) is 3.44. The molecule has 2 rings (SSSR count). The maximum Gasteiger partial charge on any atom is 0.417 e. The van der Waals surface area contributed by atoms with Gasteiger partial charge in [0.1, 0.15) is 0 Å². The lowest BCUT2D eigenvalue weighted by Crippen LogP contribution is -2.54. The van der Waals surface area contributed by atoms with Gasteiger partial charge < -0.3 is 10.0 Å². The monoisotopic (exact) mass is 294 g/mol. The fraction of sp³-hybridized carbons (Fsp3) is 0.923. The summed E-state index contributed by atoms with van der Waals surface area (Å²) in [6, 6.07) is 0. The van der Waals surface area contributed by atoms with E-state index in [0.717, 1.165) is 32.4 Å². The Morgan fingerprint density at radius 1 is 1.05 bits per heavy atom. The van der Waals surface area contributed by atoms with Crippen molar-refractivity contribution in [1.29, 1.82) is 0 Å². The SMILES string of the molecule is O=C(CN1CCC(O)(C(F)(F)F)CC1)N1CCCCC1. The number of nitrogens with zero attached hydrogens (tertiary/aromatic N) is 2. The van der Waals surface area contributed by atoms with Gasteiger partial charge in [-0.3, -0.25) is 9.69 Å². The molecule has 20 heavy (non-hydrogen) atoms.